The summed E-state index contributed by atoms with van der Waals surface area (Å²) >= 11 is 5.78. The SMILES string of the molecule is CN(CCC(=O)O)C(=O)Nc1cc(F)ccc1Cl. The Hall–Kier alpha value is -1.82. The van der Waals surface area contributed by atoms with Crippen LogP contribution < -0.4 is 5.32 Å². The largest absolute Gasteiger partial charge is 0.481 e. The van der Waals surface area contributed by atoms with E-state index in [1.807, 2.05) is 0 Å². The molecule has 1 aromatic carbocycles. The number of carboxylic acids is 1. The van der Waals surface area contributed by atoms with Crippen LogP contribution in [0.4, 0.5) is 14.9 Å². The summed E-state index contributed by atoms with van der Waals surface area (Å²) in [7, 11) is 1.44. The summed E-state index contributed by atoms with van der Waals surface area (Å²) in [6.07, 6.45) is -0.166. The molecule has 0 atom stereocenters. The summed E-state index contributed by atoms with van der Waals surface area (Å²) in [5.41, 5.74) is 0.142. The Morgan fingerprint density at radius 3 is 2.78 bits per heavy atom. The maximum atomic E-state index is 13.0. The van der Waals surface area contributed by atoms with Crippen LogP contribution in [0.15, 0.2) is 18.2 Å². The van der Waals surface area contributed by atoms with E-state index in [0.29, 0.717) is 0 Å². The average Bonchev–Trinajstić information content (AvgIpc) is 2.30. The van der Waals surface area contributed by atoms with Crippen LogP contribution in [-0.4, -0.2) is 35.6 Å². The van der Waals surface area contributed by atoms with E-state index in [2.05, 4.69) is 5.32 Å². The van der Waals surface area contributed by atoms with E-state index in [-0.39, 0.29) is 23.7 Å². The molecule has 18 heavy (non-hydrogen) atoms. The number of urea groups is 1. The van der Waals surface area contributed by atoms with Crippen LogP contribution >= 0.6 is 11.6 Å². The molecule has 0 radical (unpaired) electrons. The molecule has 2 amide bonds. The second kappa shape index (κ2) is 6.20. The fourth-order valence-electron chi connectivity index (χ4n) is 1.17. The second-order valence-corrected chi connectivity index (χ2v) is 4.03. The number of hydrogen-bond donors (Lipinski definition) is 2. The highest BCUT2D eigenvalue weighted by Crippen LogP contribution is 2.22. The normalized spacial score (nSPS) is 9.94. The quantitative estimate of drug-likeness (QED) is 0.886. The summed E-state index contributed by atoms with van der Waals surface area (Å²) in [6.45, 7) is 0.0497. The highest BCUT2D eigenvalue weighted by Gasteiger charge is 2.12. The molecule has 0 unspecified atom stereocenters. The van der Waals surface area contributed by atoms with E-state index in [4.69, 9.17) is 16.7 Å². The number of benzene rings is 1. The monoisotopic (exact) mass is 274 g/mol. The molecule has 0 aliphatic rings. The summed E-state index contributed by atoms with van der Waals surface area (Å²) in [6, 6.07) is 3.03. The standard InChI is InChI=1S/C11H12ClFN2O3/c1-15(5-4-10(16)17)11(18)14-9-6-7(13)2-3-8(9)12/h2-3,6H,4-5H2,1H3,(H,14,18)(H,16,17). The van der Waals surface area contributed by atoms with Crippen molar-refractivity contribution in [3.05, 3.63) is 29.0 Å². The van der Waals surface area contributed by atoms with Gasteiger partial charge in [-0.25, -0.2) is 9.18 Å². The van der Waals surface area contributed by atoms with Gasteiger partial charge in [-0.15, -0.1) is 0 Å². The molecule has 0 saturated heterocycles. The van der Waals surface area contributed by atoms with Gasteiger partial charge in [0.25, 0.3) is 0 Å². The van der Waals surface area contributed by atoms with Gasteiger partial charge in [0.2, 0.25) is 0 Å². The van der Waals surface area contributed by atoms with Crippen LogP contribution in [0.1, 0.15) is 6.42 Å². The van der Waals surface area contributed by atoms with Gasteiger partial charge < -0.3 is 15.3 Å². The molecule has 0 aliphatic heterocycles. The van der Waals surface area contributed by atoms with Gasteiger partial charge in [-0.1, -0.05) is 11.6 Å². The number of anilines is 1. The number of aliphatic carboxylic acids is 1. The van der Waals surface area contributed by atoms with Crippen molar-refractivity contribution in [2.45, 2.75) is 6.42 Å². The topological polar surface area (TPSA) is 69.6 Å². The highest BCUT2D eigenvalue weighted by molar-refractivity contribution is 6.33. The zero-order valence-electron chi connectivity index (χ0n) is 9.61. The number of halogens is 2. The molecular formula is C11H12ClFN2O3. The maximum Gasteiger partial charge on any atom is 0.321 e. The fraction of sp³-hybridized carbons (Fsp3) is 0.273. The van der Waals surface area contributed by atoms with Crippen molar-refractivity contribution in [1.82, 2.24) is 4.90 Å². The van der Waals surface area contributed by atoms with Crippen molar-refractivity contribution >= 4 is 29.3 Å². The fourth-order valence-corrected chi connectivity index (χ4v) is 1.33. The first-order chi connectivity index (χ1) is 8.40. The number of amides is 2. The molecule has 0 spiro atoms. The molecule has 7 heteroatoms. The highest BCUT2D eigenvalue weighted by atomic mass is 35.5. The van der Waals surface area contributed by atoms with E-state index < -0.39 is 17.8 Å². The minimum Gasteiger partial charge on any atom is -0.481 e. The van der Waals surface area contributed by atoms with Crippen molar-refractivity contribution in [1.29, 1.82) is 0 Å². The molecule has 0 heterocycles. The number of carbonyl (C=O) groups is 2. The number of carbonyl (C=O) groups excluding carboxylic acids is 1. The first-order valence-corrected chi connectivity index (χ1v) is 5.47. The number of carboxylic acid groups (broad SMARTS) is 1. The van der Waals surface area contributed by atoms with Gasteiger partial charge in [0, 0.05) is 13.6 Å². The van der Waals surface area contributed by atoms with Crippen molar-refractivity contribution < 1.29 is 19.1 Å². The lowest BCUT2D eigenvalue weighted by Crippen LogP contribution is -2.33. The van der Waals surface area contributed by atoms with Gasteiger partial charge >= 0.3 is 12.0 Å². The Kier molecular flexibility index (Phi) is 4.91. The van der Waals surface area contributed by atoms with Gasteiger partial charge in [-0.2, -0.15) is 0 Å². The third-order valence-corrected chi connectivity index (χ3v) is 2.51. The molecule has 2 N–H and O–H groups in total. The van der Waals surface area contributed by atoms with Crippen LogP contribution in [-0.2, 0) is 4.79 Å². The molecule has 0 aliphatic carbocycles. The number of nitrogens with zero attached hydrogens (tertiary/aromatic N) is 1. The Labute approximate surface area is 108 Å². The average molecular weight is 275 g/mol. The molecule has 1 rings (SSSR count). The number of hydrogen-bond acceptors (Lipinski definition) is 2. The molecular weight excluding hydrogens is 263 g/mol. The zero-order valence-corrected chi connectivity index (χ0v) is 10.4. The van der Waals surface area contributed by atoms with Crippen molar-refractivity contribution in [3.8, 4) is 0 Å². The first-order valence-electron chi connectivity index (χ1n) is 5.09. The lowest BCUT2D eigenvalue weighted by molar-refractivity contribution is -0.137. The van der Waals surface area contributed by atoms with Gasteiger partial charge in [0.15, 0.2) is 0 Å². The van der Waals surface area contributed by atoms with E-state index in [1.54, 1.807) is 0 Å². The lowest BCUT2D eigenvalue weighted by Gasteiger charge is -2.17. The molecule has 5 nitrogen and oxygen atoms in total. The summed E-state index contributed by atoms with van der Waals surface area (Å²) in [4.78, 5) is 23.2. The summed E-state index contributed by atoms with van der Waals surface area (Å²) < 4.78 is 13.0. The molecule has 0 bridgehead atoms. The van der Waals surface area contributed by atoms with Crippen LogP contribution in [0, 0.1) is 5.82 Å². The number of nitrogens with one attached hydrogen (secondary N) is 1. The maximum absolute atomic E-state index is 13.0. The zero-order chi connectivity index (χ0) is 13.7. The first kappa shape index (κ1) is 14.2. The third kappa shape index (κ3) is 4.21. The Morgan fingerprint density at radius 2 is 2.17 bits per heavy atom. The van der Waals surface area contributed by atoms with Gasteiger partial charge in [-0.05, 0) is 18.2 Å². The minimum atomic E-state index is -1.00. The van der Waals surface area contributed by atoms with E-state index in [0.717, 1.165) is 6.07 Å². The smallest absolute Gasteiger partial charge is 0.321 e. The van der Waals surface area contributed by atoms with Crippen molar-refractivity contribution in [2.75, 3.05) is 18.9 Å². The Bertz CT molecular complexity index is 468. The van der Waals surface area contributed by atoms with Crippen LogP contribution in [0.3, 0.4) is 0 Å². The van der Waals surface area contributed by atoms with E-state index in [9.17, 15) is 14.0 Å². The predicted octanol–water partition coefficient (Wildman–Crippen LogP) is 2.42. The molecule has 1 aromatic rings. The van der Waals surface area contributed by atoms with Crippen LogP contribution in [0.2, 0.25) is 5.02 Å². The molecule has 0 fully saturated rings. The molecule has 0 saturated carbocycles. The van der Waals surface area contributed by atoms with Gasteiger partial charge in [0.05, 0.1) is 17.1 Å². The molecule has 0 aromatic heterocycles. The van der Waals surface area contributed by atoms with Crippen molar-refractivity contribution in [3.63, 3.8) is 0 Å². The van der Waals surface area contributed by atoms with Crippen molar-refractivity contribution in [2.24, 2.45) is 0 Å². The van der Waals surface area contributed by atoms with Crippen LogP contribution in [0.25, 0.3) is 0 Å². The second-order valence-electron chi connectivity index (χ2n) is 3.62. The third-order valence-electron chi connectivity index (χ3n) is 2.18. The van der Waals surface area contributed by atoms with E-state index >= 15 is 0 Å². The summed E-state index contributed by atoms with van der Waals surface area (Å²) in [5.74, 6) is -1.53. The minimum absolute atomic E-state index is 0.0497. The lowest BCUT2D eigenvalue weighted by atomic mass is 10.3. The van der Waals surface area contributed by atoms with E-state index in [1.165, 1.54) is 24.1 Å². The van der Waals surface area contributed by atoms with Gasteiger partial charge in [0.1, 0.15) is 5.82 Å². The number of rotatable bonds is 4. The Morgan fingerprint density at radius 1 is 1.50 bits per heavy atom. The van der Waals surface area contributed by atoms with Crippen LogP contribution in [0.5, 0.6) is 0 Å². The molecule has 98 valence electrons. The summed E-state index contributed by atoms with van der Waals surface area (Å²) in [5, 5.41) is 11.1. The van der Waals surface area contributed by atoms with Gasteiger partial charge in [-0.3, -0.25) is 4.79 Å². The predicted molar refractivity (Wildman–Crippen MR) is 65.3 cm³/mol. The Balaban J connectivity index is 2.63.